The summed E-state index contributed by atoms with van der Waals surface area (Å²) in [5.41, 5.74) is 12.8. The van der Waals surface area contributed by atoms with Gasteiger partial charge in [-0.15, -0.1) is 13.2 Å². The first-order valence-electron chi connectivity index (χ1n) is 11.2. The number of nitrogens with one attached hydrogen (secondary N) is 2. The van der Waals surface area contributed by atoms with Gasteiger partial charge in [-0.1, -0.05) is 36.4 Å². The molecule has 198 valence electrons. The number of halogens is 3. The molecule has 0 bridgehead atoms. The molecule has 12 heteroatoms. The second-order valence-electron chi connectivity index (χ2n) is 8.04. The molecule has 3 aromatic rings. The number of alkyl halides is 3. The molecule has 0 radical (unpaired) electrons. The number of ether oxygens (including phenoxy) is 1. The summed E-state index contributed by atoms with van der Waals surface area (Å²) in [4.78, 5) is 10.1. The summed E-state index contributed by atoms with van der Waals surface area (Å²) in [5.74, 6) is -0.112. The molecule has 3 rings (SSSR count). The van der Waals surface area contributed by atoms with Gasteiger partial charge in [-0.25, -0.2) is 9.98 Å². The Labute approximate surface area is 223 Å². The van der Waals surface area contributed by atoms with E-state index in [0.717, 1.165) is 28.9 Å². The number of thiocarbonyl (C=S) groups is 1. The van der Waals surface area contributed by atoms with Crippen LogP contribution in [-0.4, -0.2) is 44.0 Å². The Kier molecular flexibility index (Phi) is 9.77. The van der Waals surface area contributed by atoms with Crippen molar-refractivity contribution in [3.8, 4) is 5.75 Å². The Bertz CT molecular complexity index is 1290. The smallest absolute Gasteiger partial charge is 0.406 e. The molecule has 0 saturated carbocycles. The van der Waals surface area contributed by atoms with Crippen LogP contribution in [0.1, 0.15) is 16.7 Å². The molecule has 0 aliphatic carbocycles. The first-order chi connectivity index (χ1) is 18.1. The van der Waals surface area contributed by atoms with Gasteiger partial charge in [-0.3, -0.25) is 5.43 Å². The standard InChI is InChI=1S/C26H26F3N7OS/c1-36(2)22-11-5-18(6-12-22)15-31-25(38)35-34-16-19-3-7-20(8-4-19)24(30)33-17-32-21-9-13-23(14-10-21)37-26(27,28)29/h3-14,16-17H,15H2,1-2H3,(H2,30,32,33)(H2,31,35,38)/b34-16+. The highest BCUT2D eigenvalue weighted by Gasteiger charge is 2.30. The van der Waals surface area contributed by atoms with E-state index in [-0.39, 0.29) is 11.6 Å². The highest BCUT2D eigenvalue weighted by Crippen LogP contribution is 2.24. The SMILES string of the molecule is CN(C)c1ccc(CNC(=S)N/N=C/c2ccc(C(N)=NC=Nc3ccc(OC(F)(F)F)cc3)cc2)cc1. The van der Waals surface area contributed by atoms with E-state index in [0.29, 0.717) is 22.9 Å². The van der Waals surface area contributed by atoms with E-state index in [1.165, 1.54) is 18.5 Å². The molecule has 0 aliphatic heterocycles. The summed E-state index contributed by atoms with van der Waals surface area (Å²) in [6.07, 6.45) is -1.91. The van der Waals surface area contributed by atoms with Crippen molar-refractivity contribution in [2.24, 2.45) is 20.8 Å². The minimum atomic E-state index is -4.74. The summed E-state index contributed by atoms with van der Waals surface area (Å²) in [7, 11) is 3.98. The van der Waals surface area contributed by atoms with Crippen molar-refractivity contribution in [3.63, 3.8) is 0 Å². The van der Waals surface area contributed by atoms with Crippen molar-refractivity contribution in [2.45, 2.75) is 12.9 Å². The number of hydrazone groups is 1. The molecule has 3 aromatic carbocycles. The lowest BCUT2D eigenvalue weighted by molar-refractivity contribution is -0.274. The summed E-state index contributed by atoms with van der Waals surface area (Å²) in [5, 5.41) is 7.63. The summed E-state index contributed by atoms with van der Waals surface area (Å²) < 4.78 is 40.5. The number of benzene rings is 3. The summed E-state index contributed by atoms with van der Waals surface area (Å²) >= 11 is 5.25. The predicted molar refractivity (Wildman–Crippen MR) is 149 cm³/mol. The van der Waals surface area contributed by atoms with Crippen molar-refractivity contribution in [3.05, 3.63) is 89.5 Å². The van der Waals surface area contributed by atoms with E-state index >= 15 is 0 Å². The third-order valence-corrected chi connectivity index (χ3v) is 5.20. The van der Waals surface area contributed by atoms with Gasteiger partial charge >= 0.3 is 6.36 Å². The van der Waals surface area contributed by atoms with Crippen LogP contribution in [0.4, 0.5) is 24.5 Å². The maximum absolute atomic E-state index is 12.2. The van der Waals surface area contributed by atoms with Crippen LogP contribution in [0.2, 0.25) is 0 Å². The molecule has 0 unspecified atom stereocenters. The maximum Gasteiger partial charge on any atom is 0.573 e. The molecule has 0 aliphatic rings. The molecule has 0 aromatic heterocycles. The zero-order valence-corrected chi connectivity index (χ0v) is 21.4. The van der Waals surface area contributed by atoms with Gasteiger partial charge in [-0.2, -0.15) is 5.10 Å². The Morgan fingerprint density at radius 1 is 1.00 bits per heavy atom. The second-order valence-corrected chi connectivity index (χ2v) is 8.44. The maximum atomic E-state index is 12.2. The molecule has 0 fully saturated rings. The number of rotatable bonds is 9. The Balaban J connectivity index is 1.46. The minimum absolute atomic E-state index is 0.219. The van der Waals surface area contributed by atoms with Crippen LogP contribution in [0.15, 0.2) is 87.9 Å². The highest BCUT2D eigenvalue weighted by atomic mass is 32.1. The van der Waals surface area contributed by atoms with E-state index < -0.39 is 6.36 Å². The van der Waals surface area contributed by atoms with Gasteiger partial charge < -0.3 is 20.7 Å². The molecular weight excluding hydrogens is 515 g/mol. The predicted octanol–water partition coefficient (Wildman–Crippen LogP) is 4.71. The number of amidine groups is 1. The fourth-order valence-corrected chi connectivity index (χ4v) is 3.13. The monoisotopic (exact) mass is 541 g/mol. The summed E-state index contributed by atoms with van der Waals surface area (Å²) in [6, 6.07) is 20.4. The van der Waals surface area contributed by atoms with Gasteiger partial charge in [0.1, 0.15) is 17.9 Å². The van der Waals surface area contributed by atoms with Crippen molar-refractivity contribution < 1.29 is 17.9 Å². The van der Waals surface area contributed by atoms with Gasteiger partial charge in [0, 0.05) is 31.9 Å². The van der Waals surface area contributed by atoms with Gasteiger partial charge in [-0.05, 0) is 59.7 Å². The van der Waals surface area contributed by atoms with E-state index in [4.69, 9.17) is 18.0 Å². The molecular formula is C26H26F3N7OS. The van der Waals surface area contributed by atoms with E-state index in [9.17, 15) is 13.2 Å². The van der Waals surface area contributed by atoms with E-state index in [1.54, 1.807) is 18.3 Å². The van der Waals surface area contributed by atoms with Gasteiger partial charge in [0.2, 0.25) is 0 Å². The Morgan fingerprint density at radius 3 is 2.26 bits per heavy atom. The molecule has 0 amide bonds. The lowest BCUT2D eigenvalue weighted by Gasteiger charge is -2.13. The van der Waals surface area contributed by atoms with Crippen molar-refractivity contribution in [2.75, 3.05) is 19.0 Å². The molecule has 4 N–H and O–H groups in total. The Hall–Kier alpha value is -4.45. The van der Waals surface area contributed by atoms with Crippen LogP contribution >= 0.6 is 12.2 Å². The topological polar surface area (TPSA) is 99.6 Å². The number of hydrogen-bond acceptors (Lipinski definition) is 5. The van der Waals surface area contributed by atoms with E-state index in [1.807, 2.05) is 55.4 Å². The molecule has 0 spiro atoms. The van der Waals surface area contributed by atoms with Crippen LogP contribution in [-0.2, 0) is 6.54 Å². The van der Waals surface area contributed by atoms with Crippen molar-refractivity contribution in [1.29, 1.82) is 0 Å². The van der Waals surface area contributed by atoms with Crippen LogP contribution in [0, 0.1) is 0 Å². The number of anilines is 1. The van der Waals surface area contributed by atoms with Crippen LogP contribution in [0.3, 0.4) is 0 Å². The molecule has 0 saturated heterocycles. The average molecular weight is 542 g/mol. The zero-order chi connectivity index (χ0) is 27.5. The van der Waals surface area contributed by atoms with Crippen LogP contribution in [0.5, 0.6) is 5.75 Å². The van der Waals surface area contributed by atoms with Gasteiger partial charge in [0.25, 0.3) is 0 Å². The molecule has 0 heterocycles. The quantitative estimate of drug-likeness (QED) is 0.157. The lowest BCUT2D eigenvalue weighted by Crippen LogP contribution is -2.31. The number of aliphatic imine (C=N–C) groups is 2. The van der Waals surface area contributed by atoms with Crippen molar-refractivity contribution in [1.82, 2.24) is 10.7 Å². The highest BCUT2D eigenvalue weighted by molar-refractivity contribution is 7.80. The first-order valence-corrected chi connectivity index (χ1v) is 11.6. The fourth-order valence-electron chi connectivity index (χ4n) is 3.01. The van der Waals surface area contributed by atoms with Gasteiger partial charge in [0.05, 0.1) is 11.9 Å². The lowest BCUT2D eigenvalue weighted by atomic mass is 10.1. The van der Waals surface area contributed by atoms with Crippen LogP contribution < -0.4 is 26.1 Å². The zero-order valence-electron chi connectivity index (χ0n) is 20.6. The largest absolute Gasteiger partial charge is 0.573 e. The number of nitrogens with two attached hydrogens (primary N) is 1. The Morgan fingerprint density at radius 2 is 1.66 bits per heavy atom. The number of nitrogens with zero attached hydrogens (tertiary/aromatic N) is 4. The molecule has 0 atom stereocenters. The summed E-state index contributed by atoms with van der Waals surface area (Å²) in [6.45, 7) is 0.573. The fraction of sp³-hybridized carbons (Fsp3) is 0.154. The van der Waals surface area contributed by atoms with Gasteiger partial charge in [0.15, 0.2) is 5.11 Å². The average Bonchev–Trinajstić information content (AvgIpc) is 2.88. The third-order valence-electron chi connectivity index (χ3n) is 4.97. The van der Waals surface area contributed by atoms with E-state index in [2.05, 4.69) is 30.6 Å². The second kappa shape index (κ2) is 13.2. The minimum Gasteiger partial charge on any atom is -0.406 e. The molecule has 38 heavy (non-hydrogen) atoms. The van der Waals surface area contributed by atoms with Crippen LogP contribution in [0.25, 0.3) is 0 Å². The number of hydrogen-bond donors (Lipinski definition) is 3. The molecule has 8 nitrogen and oxygen atoms in total. The first kappa shape index (κ1) is 28.1. The normalized spacial score (nSPS) is 12.1. The van der Waals surface area contributed by atoms with Crippen molar-refractivity contribution >= 4 is 47.1 Å². The third kappa shape index (κ3) is 9.54.